The summed E-state index contributed by atoms with van der Waals surface area (Å²) in [6.45, 7) is 0. The van der Waals surface area contributed by atoms with E-state index in [1.54, 1.807) is 72.8 Å². The second kappa shape index (κ2) is 8.29. The van der Waals surface area contributed by atoms with Crippen molar-refractivity contribution < 1.29 is 19.1 Å². The van der Waals surface area contributed by atoms with Crippen molar-refractivity contribution in [1.82, 2.24) is 0 Å². The van der Waals surface area contributed by atoms with Gasteiger partial charge < -0.3 is 9.47 Å². The van der Waals surface area contributed by atoms with Crippen LogP contribution in [0.2, 0.25) is 0 Å². The first-order valence-electron chi connectivity index (χ1n) is 7.57. The van der Waals surface area contributed by atoms with Crippen molar-refractivity contribution in [2.45, 2.75) is 0 Å². The van der Waals surface area contributed by atoms with Gasteiger partial charge in [-0.25, -0.2) is 9.59 Å². The predicted molar refractivity (Wildman–Crippen MR) is 105 cm³/mol. The maximum absolute atomic E-state index is 12.1. The van der Waals surface area contributed by atoms with Gasteiger partial charge in [-0.3, -0.25) is 0 Å². The van der Waals surface area contributed by atoms with Crippen LogP contribution in [-0.4, -0.2) is 11.9 Å². The number of hydrogen-bond acceptors (Lipinski definition) is 4. The number of rotatable bonds is 4. The van der Waals surface area contributed by atoms with Crippen LogP contribution >= 0.6 is 31.9 Å². The minimum Gasteiger partial charge on any atom is -0.423 e. The van der Waals surface area contributed by atoms with E-state index in [0.29, 0.717) is 22.6 Å². The zero-order valence-corrected chi connectivity index (χ0v) is 16.5. The highest BCUT2D eigenvalue weighted by atomic mass is 79.9. The fraction of sp³-hybridized carbons (Fsp3) is 0. The standard InChI is InChI=1S/C20H12Br2O4/c21-15-5-1-13(2-6-15)19(23)25-17-9-11-18(12-10-17)26-20(24)14-3-7-16(22)8-4-14/h1-12H. The Morgan fingerprint density at radius 2 is 0.846 bits per heavy atom. The topological polar surface area (TPSA) is 52.6 Å². The van der Waals surface area contributed by atoms with E-state index in [9.17, 15) is 9.59 Å². The summed E-state index contributed by atoms with van der Waals surface area (Å²) >= 11 is 6.63. The largest absolute Gasteiger partial charge is 0.423 e. The average molecular weight is 476 g/mol. The van der Waals surface area contributed by atoms with Crippen molar-refractivity contribution in [2.24, 2.45) is 0 Å². The van der Waals surface area contributed by atoms with E-state index in [1.807, 2.05) is 0 Å². The van der Waals surface area contributed by atoms with Crippen LogP contribution in [0, 0.1) is 0 Å². The zero-order chi connectivity index (χ0) is 18.5. The van der Waals surface area contributed by atoms with Gasteiger partial charge in [0.05, 0.1) is 11.1 Å². The van der Waals surface area contributed by atoms with Gasteiger partial charge >= 0.3 is 11.9 Å². The number of carbonyl (C=O) groups is 2. The third-order valence-corrected chi connectivity index (χ3v) is 4.46. The smallest absolute Gasteiger partial charge is 0.343 e. The Labute approximate surface area is 167 Å². The molecule has 0 aliphatic heterocycles. The summed E-state index contributed by atoms with van der Waals surface area (Å²) in [6.07, 6.45) is 0. The lowest BCUT2D eigenvalue weighted by Crippen LogP contribution is -2.09. The monoisotopic (exact) mass is 474 g/mol. The Bertz CT molecular complexity index is 839. The van der Waals surface area contributed by atoms with E-state index in [2.05, 4.69) is 31.9 Å². The molecular formula is C20H12Br2O4. The molecule has 0 saturated carbocycles. The van der Waals surface area contributed by atoms with Gasteiger partial charge in [0.25, 0.3) is 0 Å². The lowest BCUT2D eigenvalue weighted by atomic mass is 10.2. The number of halogens is 2. The molecule has 0 unspecified atom stereocenters. The molecule has 0 aromatic heterocycles. The second-order valence-electron chi connectivity index (χ2n) is 5.26. The maximum atomic E-state index is 12.1. The lowest BCUT2D eigenvalue weighted by Gasteiger charge is -2.07. The van der Waals surface area contributed by atoms with Gasteiger partial charge in [0.15, 0.2) is 0 Å². The Morgan fingerprint density at radius 1 is 0.538 bits per heavy atom. The van der Waals surface area contributed by atoms with Crippen LogP contribution in [0.25, 0.3) is 0 Å². The molecule has 4 nitrogen and oxygen atoms in total. The van der Waals surface area contributed by atoms with Crippen LogP contribution in [0.3, 0.4) is 0 Å². The first-order chi connectivity index (χ1) is 12.5. The number of hydrogen-bond donors (Lipinski definition) is 0. The summed E-state index contributed by atoms with van der Waals surface area (Å²) in [5.74, 6) is -0.197. The van der Waals surface area contributed by atoms with E-state index < -0.39 is 11.9 Å². The van der Waals surface area contributed by atoms with Crippen LogP contribution in [0.1, 0.15) is 20.7 Å². The van der Waals surface area contributed by atoms with Crippen LogP contribution in [0.4, 0.5) is 0 Å². The van der Waals surface area contributed by atoms with Crippen molar-refractivity contribution in [3.63, 3.8) is 0 Å². The van der Waals surface area contributed by atoms with Crippen LogP contribution in [0.15, 0.2) is 81.7 Å². The molecule has 0 atom stereocenters. The highest BCUT2D eigenvalue weighted by Gasteiger charge is 2.11. The first kappa shape index (κ1) is 18.4. The van der Waals surface area contributed by atoms with Crippen molar-refractivity contribution in [1.29, 1.82) is 0 Å². The molecule has 3 rings (SSSR count). The van der Waals surface area contributed by atoms with Crippen LogP contribution < -0.4 is 9.47 Å². The molecule has 0 fully saturated rings. The van der Waals surface area contributed by atoms with Crippen molar-refractivity contribution in [3.05, 3.63) is 92.9 Å². The Hall–Kier alpha value is -2.44. The molecule has 0 N–H and O–H groups in total. The van der Waals surface area contributed by atoms with Crippen LogP contribution in [-0.2, 0) is 0 Å². The van der Waals surface area contributed by atoms with Gasteiger partial charge in [-0.1, -0.05) is 31.9 Å². The van der Waals surface area contributed by atoms with Crippen LogP contribution in [0.5, 0.6) is 11.5 Å². The molecule has 0 heterocycles. The summed E-state index contributed by atoms with van der Waals surface area (Å²) in [7, 11) is 0. The highest BCUT2D eigenvalue weighted by molar-refractivity contribution is 9.10. The second-order valence-corrected chi connectivity index (χ2v) is 7.10. The summed E-state index contributed by atoms with van der Waals surface area (Å²) in [6, 6.07) is 20.0. The summed E-state index contributed by atoms with van der Waals surface area (Å²) in [5, 5.41) is 0. The van der Waals surface area contributed by atoms with E-state index in [-0.39, 0.29) is 0 Å². The molecule has 0 spiro atoms. The van der Waals surface area contributed by atoms with Crippen molar-refractivity contribution in [3.8, 4) is 11.5 Å². The van der Waals surface area contributed by atoms with Crippen molar-refractivity contribution >= 4 is 43.8 Å². The third kappa shape index (κ3) is 4.80. The number of ether oxygens (including phenoxy) is 2. The molecule has 26 heavy (non-hydrogen) atoms. The van der Waals surface area contributed by atoms with Crippen molar-refractivity contribution in [2.75, 3.05) is 0 Å². The fourth-order valence-corrected chi connectivity index (χ4v) is 2.61. The molecule has 3 aromatic rings. The minimum absolute atomic E-state index is 0.362. The molecule has 130 valence electrons. The molecule has 0 bridgehead atoms. The van der Waals surface area contributed by atoms with Gasteiger partial charge in [0, 0.05) is 8.95 Å². The average Bonchev–Trinajstić information content (AvgIpc) is 2.64. The minimum atomic E-state index is -0.461. The van der Waals surface area contributed by atoms with E-state index in [4.69, 9.17) is 9.47 Å². The summed E-state index contributed by atoms with van der Waals surface area (Å²) in [5.41, 5.74) is 0.887. The van der Waals surface area contributed by atoms with E-state index in [1.165, 1.54) is 0 Å². The normalized spacial score (nSPS) is 10.2. The fourth-order valence-electron chi connectivity index (χ4n) is 2.08. The lowest BCUT2D eigenvalue weighted by molar-refractivity contribution is 0.0719. The first-order valence-corrected chi connectivity index (χ1v) is 9.15. The van der Waals surface area contributed by atoms with E-state index >= 15 is 0 Å². The molecule has 3 aromatic carbocycles. The van der Waals surface area contributed by atoms with Gasteiger partial charge in [-0.05, 0) is 72.8 Å². The molecular weight excluding hydrogens is 464 g/mol. The Kier molecular flexibility index (Phi) is 5.85. The molecule has 0 aliphatic rings. The van der Waals surface area contributed by atoms with E-state index in [0.717, 1.165) is 8.95 Å². The SMILES string of the molecule is O=C(Oc1ccc(OC(=O)c2ccc(Br)cc2)cc1)c1ccc(Br)cc1. The maximum Gasteiger partial charge on any atom is 0.343 e. The number of esters is 2. The summed E-state index contributed by atoms with van der Waals surface area (Å²) in [4.78, 5) is 24.1. The van der Waals surface area contributed by atoms with Gasteiger partial charge in [-0.2, -0.15) is 0 Å². The predicted octanol–water partition coefficient (Wildman–Crippen LogP) is 5.65. The third-order valence-electron chi connectivity index (χ3n) is 3.40. The highest BCUT2D eigenvalue weighted by Crippen LogP contribution is 2.21. The molecule has 6 heteroatoms. The Balaban J connectivity index is 1.62. The van der Waals surface area contributed by atoms with Gasteiger partial charge in [0.1, 0.15) is 11.5 Å². The quantitative estimate of drug-likeness (QED) is 0.361. The number of carbonyl (C=O) groups excluding carboxylic acids is 2. The summed E-state index contributed by atoms with van der Waals surface area (Å²) < 4.78 is 12.4. The van der Waals surface area contributed by atoms with Gasteiger partial charge in [0.2, 0.25) is 0 Å². The molecule has 0 radical (unpaired) electrons. The molecule has 0 saturated heterocycles. The van der Waals surface area contributed by atoms with Gasteiger partial charge in [-0.15, -0.1) is 0 Å². The number of benzene rings is 3. The zero-order valence-electron chi connectivity index (χ0n) is 13.3. The Morgan fingerprint density at radius 3 is 1.15 bits per heavy atom. The molecule has 0 amide bonds. The molecule has 0 aliphatic carbocycles.